The first-order chi connectivity index (χ1) is 11.1. The maximum atomic E-state index is 12.3. The highest BCUT2D eigenvalue weighted by Crippen LogP contribution is 2.34. The van der Waals surface area contributed by atoms with E-state index >= 15 is 0 Å². The molecule has 1 fully saturated rings. The molecule has 0 bridgehead atoms. The van der Waals surface area contributed by atoms with Gasteiger partial charge < -0.3 is 5.32 Å². The molecule has 2 atom stereocenters. The number of aryl methyl sites for hydroxylation is 1. The molecule has 2 aliphatic rings. The van der Waals surface area contributed by atoms with Gasteiger partial charge in [0.25, 0.3) is 0 Å². The smallest absolute Gasteiger partial charge is 0.233 e. The van der Waals surface area contributed by atoms with E-state index in [-0.39, 0.29) is 42.5 Å². The van der Waals surface area contributed by atoms with Gasteiger partial charge in [-0.15, -0.1) is 0 Å². The van der Waals surface area contributed by atoms with Crippen LogP contribution in [0, 0.1) is 18.8 Å². The lowest BCUT2D eigenvalue weighted by Crippen LogP contribution is -2.34. The summed E-state index contributed by atoms with van der Waals surface area (Å²) in [6.07, 6.45) is 5.22. The Labute approximate surface area is 134 Å². The van der Waals surface area contributed by atoms with E-state index in [4.69, 9.17) is 0 Å². The van der Waals surface area contributed by atoms with Crippen LogP contribution in [-0.4, -0.2) is 34.2 Å². The average molecular weight is 313 g/mol. The zero-order chi connectivity index (χ0) is 16.4. The second kappa shape index (κ2) is 6.32. The highest BCUT2D eigenvalue weighted by atomic mass is 16.2. The van der Waals surface area contributed by atoms with Crippen molar-refractivity contribution in [2.45, 2.75) is 26.2 Å². The number of nitrogens with zero attached hydrogens (tertiary/aromatic N) is 2. The van der Waals surface area contributed by atoms with Crippen molar-refractivity contribution in [1.29, 1.82) is 0 Å². The topological polar surface area (TPSA) is 79.4 Å². The van der Waals surface area contributed by atoms with E-state index in [1.165, 1.54) is 4.90 Å². The Balaban J connectivity index is 1.57. The van der Waals surface area contributed by atoms with E-state index in [9.17, 15) is 14.4 Å². The molecule has 6 nitrogen and oxygen atoms in total. The molecule has 2 heterocycles. The van der Waals surface area contributed by atoms with Crippen LogP contribution in [0.5, 0.6) is 0 Å². The van der Waals surface area contributed by atoms with E-state index in [0.717, 1.165) is 5.69 Å². The van der Waals surface area contributed by atoms with Crippen LogP contribution in [0.3, 0.4) is 0 Å². The summed E-state index contributed by atoms with van der Waals surface area (Å²) >= 11 is 0. The van der Waals surface area contributed by atoms with Crippen molar-refractivity contribution in [2.24, 2.45) is 11.8 Å². The molecule has 1 aliphatic carbocycles. The summed E-state index contributed by atoms with van der Waals surface area (Å²) in [5.74, 6) is -0.552. The Morgan fingerprint density at radius 3 is 2.48 bits per heavy atom. The Bertz CT molecular complexity index is 657. The van der Waals surface area contributed by atoms with E-state index < -0.39 is 0 Å². The van der Waals surface area contributed by atoms with Gasteiger partial charge in [0.2, 0.25) is 17.7 Å². The van der Waals surface area contributed by atoms with Gasteiger partial charge in [-0.05, 0) is 31.9 Å². The molecular formula is C17H19N3O3. The molecule has 23 heavy (non-hydrogen) atoms. The third kappa shape index (κ3) is 3.16. The molecule has 1 saturated heterocycles. The molecule has 1 N–H and O–H groups in total. The molecule has 1 aliphatic heterocycles. The summed E-state index contributed by atoms with van der Waals surface area (Å²) < 4.78 is 0. The van der Waals surface area contributed by atoms with Crippen molar-refractivity contribution >= 4 is 23.5 Å². The molecule has 3 rings (SSSR count). The number of pyridine rings is 1. The zero-order valence-electron chi connectivity index (χ0n) is 13.0. The van der Waals surface area contributed by atoms with Gasteiger partial charge in [-0.1, -0.05) is 18.2 Å². The Hall–Kier alpha value is -2.50. The lowest BCUT2D eigenvalue weighted by Gasteiger charge is -2.14. The normalized spacial score (nSPS) is 23.1. The molecule has 6 heteroatoms. The number of nitrogens with one attached hydrogen (secondary N) is 1. The van der Waals surface area contributed by atoms with Crippen LogP contribution in [0.1, 0.15) is 25.0 Å². The predicted octanol–water partition coefficient (Wildman–Crippen LogP) is 1.67. The number of allylic oxidation sites excluding steroid dienone is 2. The fourth-order valence-corrected chi connectivity index (χ4v) is 3.12. The number of rotatable bonds is 4. The minimum atomic E-state index is -0.253. The maximum absolute atomic E-state index is 12.3. The summed E-state index contributed by atoms with van der Waals surface area (Å²) in [7, 11) is 0. The molecule has 0 spiro atoms. The van der Waals surface area contributed by atoms with Crippen LogP contribution >= 0.6 is 0 Å². The van der Waals surface area contributed by atoms with Crippen LogP contribution in [0.15, 0.2) is 30.4 Å². The van der Waals surface area contributed by atoms with E-state index in [1.54, 1.807) is 6.07 Å². The Morgan fingerprint density at radius 1 is 1.22 bits per heavy atom. The SMILES string of the molecule is Cc1cccc(NC(=O)CCN2C(=O)[C@@H]3CC=CC[C@H]3C2=O)n1. The molecule has 0 radical (unpaired) electrons. The molecule has 120 valence electrons. The fourth-order valence-electron chi connectivity index (χ4n) is 3.12. The van der Waals surface area contributed by atoms with Crippen molar-refractivity contribution in [1.82, 2.24) is 9.88 Å². The number of amides is 3. The first-order valence-corrected chi connectivity index (χ1v) is 7.80. The quantitative estimate of drug-likeness (QED) is 0.677. The maximum Gasteiger partial charge on any atom is 0.233 e. The van der Waals surface area contributed by atoms with Crippen LogP contribution < -0.4 is 5.32 Å². The van der Waals surface area contributed by atoms with Gasteiger partial charge in [0.1, 0.15) is 5.82 Å². The van der Waals surface area contributed by atoms with Gasteiger partial charge in [-0.2, -0.15) is 0 Å². The van der Waals surface area contributed by atoms with Crippen molar-refractivity contribution in [3.63, 3.8) is 0 Å². The molecule has 0 saturated carbocycles. The molecule has 0 aromatic carbocycles. The number of anilines is 1. The molecule has 3 amide bonds. The highest BCUT2D eigenvalue weighted by Gasteiger charge is 2.46. The number of imide groups is 1. The largest absolute Gasteiger partial charge is 0.311 e. The Morgan fingerprint density at radius 2 is 1.87 bits per heavy atom. The molecule has 0 unspecified atom stereocenters. The minimum absolute atomic E-state index is 0.0833. The van der Waals surface area contributed by atoms with Gasteiger partial charge in [-0.3, -0.25) is 19.3 Å². The highest BCUT2D eigenvalue weighted by molar-refractivity contribution is 6.05. The monoisotopic (exact) mass is 313 g/mol. The third-order valence-corrected chi connectivity index (χ3v) is 4.32. The number of hydrogen-bond donors (Lipinski definition) is 1. The molecule has 1 aromatic heterocycles. The number of carbonyl (C=O) groups excluding carboxylic acids is 3. The lowest BCUT2D eigenvalue weighted by atomic mass is 9.85. The molecule has 1 aromatic rings. The van der Waals surface area contributed by atoms with E-state index in [1.807, 2.05) is 31.2 Å². The fraction of sp³-hybridized carbons (Fsp3) is 0.412. The van der Waals surface area contributed by atoms with Crippen molar-refractivity contribution in [2.75, 3.05) is 11.9 Å². The van der Waals surface area contributed by atoms with Gasteiger partial charge >= 0.3 is 0 Å². The summed E-state index contributed by atoms with van der Waals surface area (Å²) in [5, 5.41) is 2.69. The second-order valence-corrected chi connectivity index (χ2v) is 5.95. The summed E-state index contributed by atoms with van der Waals surface area (Å²) in [5.41, 5.74) is 0.810. The zero-order valence-corrected chi connectivity index (χ0v) is 13.0. The summed E-state index contributed by atoms with van der Waals surface area (Å²) in [4.78, 5) is 42.0. The van der Waals surface area contributed by atoms with Crippen molar-refractivity contribution in [3.05, 3.63) is 36.0 Å². The van der Waals surface area contributed by atoms with Crippen LogP contribution in [0.2, 0.25) is 0 Å². The number of likely N-dealkylation sites (tertiary alicyclic amines) is 1. The van der Waals surface area contributed by atoms with Crippen LogP contribution in [-0.2, 0) is 14.4 Å². The van der Waals surface area contributed by atoms with E-state index in [2.05, 4.69) is 10.3 Å². The van der Waals surface area contributed by atoms with Gasteiger partial charge in [0.15, 0.2) is 0 Å². The summed E-state index contributed by atoms with van der Waals surface area (Å²) in [6.45, 7) is 1.97. The van der Waals surface area contributed by atoms with Crippen molar-refractivity contribution in [3.8, 4) is 0 Å². The average Bonchev–Trinajstić information content (AvgIpc) is 2.77. The van der Waals surface area contributed by atoms with Gasteiger partial charge in [-0.25, -0.2) is 4.98 Å². The van der Waals surface area contributed by atoms with E-state index in [0.29, 0.717) is 18.7 Å². The van der Waals surface area contributed by atoms with Gasteiger partial charge in [0.05, 0.1) is 11.8 Å². The summed E-state index contributed by atoms with van der Waals surface area (Å²) in [6, 6.07) is 5.35. The van der Waals surface area contributed by atoms with Crippen LogP contribution in [0.25, 0.3) is 0 Å². The van der Waals surface area contributed by atoms with Crippen molar-refractivity contribution < 1.29 is 14.4 Å². The Kier molecular flexibility index (Phi) is 4.23. The predicted molar refractivity (Wildman–Crippen MR) is 84.3 cm³/mol. The minimum Gasteiger partial charge on any atom is -0.311 e. The number of fused-ring (bicyclic) bond motifs is 1. The molecular weight excluding hydrogens is 294 g/mol. The number of carbonyl (C=O) groups is 3. The lowest BCUT2D eigenvalue weighted by molar-refractivity contribution is -0.140. The third-order valence-electron chi connectivity index (χ3n) is 4.32. The van der Waals surface area contributed by atoms with Gasteiger partial charge in [0, 0.05) is 18.7 Å². The standard InChI is InChI=1S/C17H19N3O3/c1-11-5-4-8-14(18-11)19-15(21)9-10-20-16(22)12-6-2-3-7-13(12)17(20)23/h2-5,8,12-13H,6-7,9-10H2,1H3,(H,18,19,21)/t12-,13-/m1/s1. The second-order valence-electron chi connectivity index (χ2n) is 5.95. The first kappa shape index (κ1) is 15.4. The number of hydrogen-bond acceptors (Lipinski definition) is 4. The number of aromatic nitrogens is 1. The van der Waals surface area contributed by atoms with Crippen LogP contribution in [0.4, 0.5) is 5.82 Å². The first-order valence-electron chi connectivity index (χ1n) is 7.80.